The van der Waals surface area contributed by atoms with E-state index >= 15 is 0 Å². The van der Waals surface area contributed by atoms with Crippen LogP contribution >= 0.6 is 36.4 Å². The van der Waals surface area contributed by atoms with Crippen LogP contribution in [0.4, 0.5) is 4.39 Å². The van der Waals surface area contributed by atoms with Gasteiger partial charge in [-0.3, -0.25) is 4.90 Å². The molecule has 0 unspecified atom stereocenters. The first kappa shape index (κ1) is 17.9. The van der Waals surface area contributed by atoms with Crippen molar-refractivity contribution in [2.24, 2.45) is 0 Å². The van der Waals surface area contributed by atoms with Gasteiger partial charge in [0.15, 0.2) is 0 Å². The molecule has 0 aliphatic carbocycles. The standard InChI is InChI=1S/C12H16ClFN2.2ClH/c13-11-3-1-2-10(8-11)12(9-14)16-6-4-15-5-7-16;;/h1-3,8,12,15H,4-7,9H2;2*1H/t12-;;/m1../s1. The first-order chi connectivity index (χ1) is 7.81. The zero-order valence-corrected chi connectivity index (χ0v) is 12.3. The molecule has 0 bridgehead atoms. The molecule has 0 saturated carbocycles. The number of nitrogens with one attached hydrogen (secondary N) is 1. The molecule has 0 radical (unpaired) electrons. The second-order valence-corrected chi connectivity index (χ2v) is 4.45. The second kappa shape index (κ2) is 8.94. The van der Waals surface area contributed by atoms with Gasteiger partial charge in [0.2, 0.25) is 0 Å². The summed E-state index contributed by atoms with van der Waals surface area (Å²) in [4.78, 5) is 2.17. The lowest BCUT2D eigenvalue weighted by molar-refractivity contribution is 0.147. The van der Waals surface area contributed by atoms with Gasteiger partial charge in [-0.05, 0) is 17.7 Å². The van der Waals surface area contributed by atoms with Crippen molar-refractivity contribution in [2.45, 2.75) is 6.04 Å². The SMILES string of the molecule is Cl.Cl.FC[C@H](c1cccc(Cl)c1)N1CCNCC1. The predicted octanol–water partition coefficient (Wildman–Crippen LogP) is 3.10. The number of hydrogen-bond acceptors (Lipinski definition) is 2. The van der Waals surface area contributed by atoms with Crippen molar-refractivity contribution in [3.8, 4) is 0 Å². The minimum atomic E-state index is -0.361. The van der Waals surface area contributed by atoms with E-state index in [1.165, 1.54) is 0 Å². The Morgan fingerprint density at radius 1 is 1.28 bits per heavy atom. The first-order valence-corrected chi connectivity index (χ1v) is 5.95. The molecule has 0 aromatic heterocycles. The van der Waals surface area contributed by atoms with E-state index in [-0.39, 0.29) is 37.5 Å². The summed E-state index contributed by atoms with van der Waals surface area (Å²) in [6, 6.07) is 7.34. The summed E-state index contributed by atoms with van der Waals surface area (Å²) in [5, 5.41) is 3.94. The van der Waals surface area contributed by atoms with Crippen LogP contribution in [0.25, 0.3) is 0 Å². The number of alkyl halides is 1. The van der Waals surface area contributed by atoms with Crippen LogP contribution in [0.2, 0.25) is 5.02 Å². The molecule has 2 rings (SSSR count). The lowest BCUT2D eigenvalue weighted by Crippen LogP contribution is -2.45. The molecule has 1 heterocycles. The minimum absolute atomic E-state index is 0. The fraction of sp³-hybridized carbons (Fsp3) is 0.500. The van der Waals surface area contributed by atoms with E-state index in [9.17, 15) is 4.39 Å². The Morgan fingerprint density at radius 3 is 2.50 bits per heavy atom. The van der Waals surface area contributed by atoms with Crippen LogP contribution in [0.3, 0.4) is 0 Å². The Kier molecular flexibility index (Phi) is 8.91. The fourth-order valence-corrected chi connectivity index (χ4v) is 2.30. The summed E-state index contributed by atoms with van der Waals surface area (Å²) in [5.74, 6) is 0. The van der Waals surface area contributed by atoms with Gasteiger partial charge in [-0.25, -0.2) is 4.39 Å². The van der Waals surface area contributed by atoms with Gasteiger partial charge in [0.25, 0.3) is 0 Å². The second-order valence-electron chi connectivity index (χ2n) is 4.01. The zero-order valence-electron chi connectivity index (χ0n) is 9.94. The molecule has 1 N–H and O–H groups in total. The zero-order chi connectivity index (χ0) is 11.4. The smallest absolute Gasteiger partial charge is 0.109 e. The van der Waals surface area contributed by atoms with Crippen molar-refractivity contribution in [2.75, 3.05) is 32.9 Å². The molecule has 104 valence electrons. The summed E-state index contributed by atoms with van der Waals surface area (Å²) < 4.78 is 13.2. The fourth-order valence-electron chi connectivity index (χ4n) is 2.11. The number of hydrogen-bond donors (Lipinski definition) is 1. The summed E-state index contributed by atoms with van der Waals surface area (Å²) in [7, 11) is 0. The van der Waals surface area contributed by atoms with E-state index < -0.39 is 0 Å². The molecule has 1 aromatic carbocycles. The average Bonchev–Trinajstić information content (AvgIpc) is 2.31. The maximum Gasteiger partial charge on any atom is 0.109 e. The molecular weight excluding hydrogens is 298 g/mol. The van der Waals surface area contributed by atoms with Crippen LogP contribution in [0.15, 0.2) is 24.3 Å². The van der Waals surface area contributed by atoms with Gasteiger partial charge in [-0.15, -0.1) is 24.8 Å². The molecule has 1 atom stereocenters. The maximum absolute atomic E-state index is 13.2. The van der Waals surface area contributed by atoms with Gasteiger partial charge in [-0.1, -0.05) is 23.7 Å². The van der Waals surface area contributed by atoms with Crippen molar-refractivity contribution in [1.82, 2.24) is 10.2 Å². The third-order valence-corrected chi connectivity index (χ3v) is 3.21. The number of nitrogens with zero attached hydrogens (tertiary/aromatic N) is 1. The summed E-state index contributed by atoms with van der Waals surface area (Å²) in [6.07, 6.45) is 0. The number of benzene rings is 1. The van der Waals surface area contributed by atoms with E-state index in [2.05, 4.69) is 10.2 Å². The molecule has 1 aromatic rings. The molecule has 0 amide bonds. The van der Waals surface area contributed by atoms with Crippen molar-refractivity contribution < 1.29 is 4.39 Å². The average molecular weight is 316 g/mol. The number of piperazine rings is 1. The lowest BCUT2D eigenvalue weighted by Gasteiger charge is -2.33. The molecule has 6 heteroatoms. The third kappa shape index (κ3) is 4.56. The molecule has 0 spiro atoms. The van der Waals surface area contributed by atoms with E-state index in [0.29, 0.717) is 5.02 Å². The van der Waals surface area contributed by atoms with Crippen LogP contribution < -0.4 is 5.32 Å². The van der Waals surface area contributed by atoms with Crippen molar-refractivity contribution in [3.63, 3.8) is 0 Å². The van der Waals surface area contributed by atoms with Gasteiger partial charge < -0.3 is 5.32 Å². The topological polar surface area (TPSA) is 15.3 Å². The Labute approximate surface area is 125 Å². The Balaban J connectivity index is 0.00000144. The van der Waals surface area contributed by atoms with Gasteiger partial charge in [-0.2, -0.15) is 0 Å². The van der Waals surface area contributed by atoms with Crippen LogP contribution in [-0.2, 0) is 0 Å². The minimum Gasteiger partial charge on any atom is -0.314 e. The van der Waals surface area contributed by atoms with Gasteiger partial charge >= 0.3 is 0 Å². The quantitative estimate of drug-likeness (QED) is 0.922. The van der Waals surface area contributed by atoms with Crippen LogP contribution in [-0.4, -0.2) is 37.8 Å². The number of rotatable bonds is 3. The Bertz CT molecular complexity index is 346. The molecule has 1 fully saturated rings. The molecular formula is C12H18Cl3FN2. The highest BCUT2D eigenvalue weighted by atomic mass is 35.5. The highest BCUT2D eigenvalue weighted by Gasteiger charge is 2.21. The molecule has 18 heavy (non-hydrogen) atoms. The van der Waals surface area contributed by atoms with E-state index in [1.54, 1.807) is 0 Å². The van der Waals surface area contributed by atoms with Gasteiger partial charge in [0, 0.05) is 31.2 Å². The first-order valence-electron chi connectivity index (χ1n) is 5.57. The van der Waals surface area contributed by atoms with Gasteiger partial charge in [0.05, 0.1) is 6.04 Å². The van der Waals surface area contributed by atoms with E-state index in [4.69, 9.17) is 11.6 Å². The van der Waals surface area contributed by atoms with Crippen molar-refractivity contribution >= 4 is 36.4 Å². The highest BCUT2D eigenvalue weighted by Crippen LogP contribution is 2.24. The van der Waals surface area contributed by atoms with Crippen LogP contribution in [0, 0.1) is 0 Å². The number of halogens is 4. The van der Waals surface area contributed by atoms with E-state index in [1.807, 2.05) is 24.3 Å². The van der Waals surface area contributed by atoms with Crippen LogP contribution in [0.5, 0.6) is 0 Å². The molecule has 1 aliphatic heterocycles. The van der Waals surface area contributed by atoms with Gasteiger partial charge in [0.1, 0.15) is 6.67 Å². The normalized spacial score (nSPS) is 17.4. The van der Waals surface area contributed by atoms with Crippen molar-refractivity contribution in [1.29, 1.82) is 0 Å². The maximum atomic E-state index is 13.2. The van der Waals surface area contributed by atoms with E-state index in [0.717, 1.165) is 31.7 Å². The third-order valence-electron chi connectivity index (χ3n) is 2.97. The lowest BCUT2D eigenvalue weighted by atomic mass is 10.1. The molecule has 1 saturated heterocycles. The largest absolute Gasteiger partial charge is 0.314 e. The Morgan fingerprint density at radius 2 is 1.94 bits per heavy atom. The Hall–Kier alpha value is -0.0600. The highest BCUT2D eigenvalue weighted by molar-refractivity contribution is 6.30. The summed E-state index contributed by atoms with van der Waals surface area (Å²) in [5.41, 5.74) is 0.969. The summed E-state index contributed by atoms with van der Waals surface area (Å²) >= 11 is 5.93. The predicted molar refractivity (Wildman–Crippen MR) is 79.1 cm³/mol. The molecule has 1 aliphatic rings. The monoisotopic (exact) mass is 314 g/mol. The van der Waals surface area contributed by atoms with Crippen molar-refractivity contribution in [3.05, 3.63) is 34.9 Å². The summed E-state index contributed by atoms with van der Waals surface area (Å²) in [6.45, 7) is 3.27. The van der Waals surface area contributed by atoms with Crippen LogP contribution in [0.1, 0.15) is 11.6 Å². The molecule has 2 nitrogen and oxygen atoms in total.